The van der Waals surface area contributed by atoms with Crippen LogP contribution in [0, 0.1) is 0 Å². The number of carbonyl (C=O) groups excluding carboxylic acids is 2. The highest BCUT2D eigenvalue weighted by molar-refractivity contribution is 5.90. The van der Waals surface area contributed by atoms with Crippen molar-refractivity contribution in [3.8, 4) is 0 Å². The Labute approximate surface area is 85.3 Å². The SMILES string of the molecule is C[C@H](N)C(=O)OC(=O)[C@H](C)NOC(=O)O. The summed E-state index contributed by atoms with van der Waals surface area (Å²) in [4.78, 5) is 35.7. The minimum atomic E-state index is -1.60. The largest absolute Gasteiger partial charge is 0.525 e. The predicted octanol–water partition coefficient (Wildman–Crippen LogP) is -1.01. The molecule has 0 aliphatic heterocycles. The summed E-state index contributed by atoms with van der Waals surface area (Å²) in [5.41, 5.74) is 6.99. The maximum absolute atomic E-state index is 11.0. The Balaban J connectivity index is 3.99. The second-order valence-corrected chi connectivity index (χ2v) is 2.74. The number of nitrogens with two attached hydrogens (primary N) is 1. The highest BCUT2D eigenvalue weighted by atomic mass is 16.8. The lowest BCUT2D eigenvalue weighted by Crippen LogP contribution is -2.40. The third-order valence-electron chi connectivity index (χ3n) is 1.25. The van der Waals surface area contributed by atoms with Crippen LogP contribution in [0.4, 0.5) is 4.79 Å². The van der Waals surface area contributed by atoms with Crippen LogP contribution in [0.2, 0.25) is 0 Å². The molecule has 15 heavy (non-hydrogen) atoms. The van der Waals surface area contributed by atoms with Crippen molar-refractivity contribution in [3.05, 3.63) is 0 Å². The normalized spacial score (nSPS) is 13.8. The Bertz CT molecular complexity index is 264. The highest BCUT2D eigenvalue weighted by Gasteiger charge is 2.21. The van der Waals surface area contributed by atoms with Crippen LogP contribution in [0.1, 0.15) is 13.8 Å². The van der Waals surface area contributed by atoms with Crippen LogP contribution in [0.25, 0.3) is 0 Å². The van der Waals surface area contributed by atoms with Crippen LogP contribution in [0.15, 0.2) is 0 Å². The number of carbonyl (C=O) groups is 3. The third kappa shape index (κ3) is 5.60. The standard InChI is InChI=1S/C7H12N2O6/c1-3(8)5(10)14-6(11)4(2)9-15-7(12)13/h3-4,9H,8H2,1-2H3,(H,12,13)/t3-,4-/m0/s1. The zero-order chi connectivity index (χ0) is 12.0. The van der Waals surface area contributed by atoms with E-state index >= 15 is 0 Å². The molecule has 8 heteroatoms. The van der Waals surface area contributed by atoms with E-state index in [1.165, 1.54) is 13.8 Å². The first-order valence-corrected chi connectivity index (χ1v) is 4.01. The molecule has 0 rings (SSSR count). The summed E-state index contributed by atoms with van der Waals surface area (Å²) in [7, 11) is 0. The molecule has 8 nitrogen and oxygen atoms in total. The molecule has 0 aromatic heterocycles. The summed E-state index contributed by atoms with van der Waals surface area (Å²) in [6.07, 6.45) is -1.60. The number of nitrogens with one attached hydrogen (secondary N) is 1. The molecule has 0 fully saturated rings. The van der Waals surface area contributed by atoms with E-state index in [0.717, 1.165) is 0 Å². The van der Waals surface area contributed by atoms with E-state index in [1.807, 2.05) is 5.48 Å². The fourth-order valence-corrected chi connectivity index (χ4v) is 0.467. The minimum absolute atomic E-state index is 0.899. The van der Waals surface area contributed by atoms with Gasteiger partial charge in [0.15, 0.2) is 0 Å². The molecular weight excluding hydrogens is 208 g/mol. The van der Waals surface area contributed by atoms with E-state index in [9.17, 15) is 14.4 Å². The molecule has 0 radical (unpaired) electrons. The van der Waals surface area contributed by atoms with Gasteiger partial charge in [0, 0.05) is 0 Å². The molecule has 0 amide bonds. The summed E-state index contributed by atoms with van der Waals surface area (Å²) in [6, 6.07) is -2.02. The van der Waals surface area contributed by atoms with Crippen LogP contribution in [-0.2, 0) is 19.2 Å². The van der Waals surface area contributed by atoms with E-state index < -0.39 is 30.2 Å². The number of hydrogen-bond donors (Lipinski definition) is 3. The van der Waals surface area contributed by atoms with Crippen LogP contribution >= 0.6 is 0 Å². The first kappa shape index (κ1) is 13.3. The molecule has 0 unspecified atom stereocenters. The Morgan fingerprint density at radius 2 is 1.80 bits per heavy atom. The quantitative estimate of drug-likeness (QED) is 0.312. The van der Waals surface area contributed by atoms with Gasteiger partial charge in [0.05, 0.1) is 0 Å². The fourth-order valence-electron chi connectivity index (χ4n) is 0.467. The number of ether oxygens (including phenoxy) is 1. The van der Waals surface area contributed by atoms with Gasteiger partial charge in [-0.25, -0.2) is 14.4 Å². The van der Waals surface area contributed by atoms with E-state index in [2.05, 4.69) is 9.57 Å². The van der Waals surface area contributed by atoms with Crippen molar-refractivity contribution in [2.45, 2.75) is 25.9 Å². The molecule has 0 bridgehead atoms. The molecular formula is C7H12N2O6. The van der Waals surface area contributed by atoms with Crippen LogP contribution < -0.4 is 11.2 Å². The summed E-state index contributed by atoms with van der Waals surface area (Å²) in [6.45, 7) is 2.61. The van der Waals surface area contributed by atoms with Gasteiger partial charge in [-0.05, 0) is 13.8 Å². The summed E-state index contributed by atoms with van der Waals surface area (Å²) < 4.78 is 4.27. The van der Waals surface area contributed by atoms with Gasteiger partial charge in [0.25, 0.3) is 0 Å². The Morgan fingerprint density at radius 1 is 1.27 bits per heavy atom. The van der Waals surface area contributed by atoms with Crippen molar-refractivity contribution < 1.29 is 29.1 Å². The van der Waals surface area contributed by atoms with Crippen molar-refractivity contribution in [2.75, 3.05) is 0 Å². The summed E-state index contributed by atoms with van der Waals surface area (Å²) >= 11 is 0. The van der Waals surface area contributed by atoms with Crippen molar-refractivity contribution in [3.63, 3.8) is 0 Å². The Hall–Kier alpha value is -1.67. The number of hydroxylamine groups is 1. The molecule has 0 spiro atoms. The molecule has 4 N–H and O–H groups in total. The monoisotopic (exact) mass is 220 g/mol. The molecule has 0 aromatic rings. The molecule has 2 atom stereocenters. The lowest BCUT2D eigenvalue weighted by atomic mass is 10.3. The highest BCUT2D eigenvalue weighted by Crippen LogP contribution is 1.91. The van der Waals surface area contributed by atoms with E-state index in [-0.39, 0.29) is 0 Å². The van der Waals surface area contributed by atoms with E-state index in [4.69, 9.17) is 10.8 Å². The number of rotatable bonds is 4. The molecule has 86 valence electrons. The number of carboxylic acid groups (broad SMARTS) is 1. The van der Waals surface area contributed by atoms with Crippen molar-refractivity contribution >= 4 is 18.1 Å². The van der Waals surface area contributed by atoms with Crippen molar-refractivity contribution in [1.82, 2.24) is 5.48 Å². The molecule has 0 saturated carbocycles. The maximum Gasteiger partial charge on any atom is 0.525 e. The molecule has 0 aromatic carbocycles. The number of hydrogen-bond acceptors (Lipinski definition) is 7. The average Bonchev–Trinajstić information content (AvgIpc) is 2.13. The molecule has 0 aliphatic carbocycles. The van der Waals surface area contributed by atoms with Gasteiger partial charge in [0.1, 0.15) is 12.1 Å². The maximum atomic E-state index is 11.0. The van der Waals surface area contributed by atoms with Gasteiger partial charge in [-0.15, -0.1) is 5.48 Å². The van der Waals surface area contributed by atoms with Crippen LogP contribution in [0.5, 0.6) is 0 Å². The number of esters is 2. The zero-order valence-corrected chi connectivity index (χ0v) is 8.22. The first-order chi connectivity index (χ1) is 6.84. The van der Waals surface area contributed by atoms with Gasteiger partial charge in [-0.3, -0.25) is 0 Å². The van der Waals surface area contributed by atoms with Gasteiger partial charge < -0.3 is 20.4 Å². The fraction of sp³-hybridized carbons (Fsp3) is 0.571. The molecule has 0 saturated heterocycles. The van der Waals surface area contributed by atoms with E-state index in [0.29, 0.717) is 0 Å². The average molecular weight is 220 g/mol. The topological polar surface area (TPSA) is 128 Å². The van der Waals surface area contributed by atoms with Crippen LogP contribution in [0.3, 0.4) is 0 Å². The Kier molecular flexibility index (Phi) is 5.27. The Morgan fingerprint density at radius 3 is 2.20 bits per heavy atom. The van der Waals surface area contributed by atoms with Crippen LogP contribution in [-0.4, -0.2) is 35.3 Å². The lowest BCUT2D eigenvalue weighted by molar-refractivity contribution is -0.163. The second-order valence-electron chi connectivity index (χ2n) is 2.74. The predicted molar refractivity (Wildman–Crippen MR) is 46.5 cm³/mol. The van der Waals surface area contributed by atoms with Gasteiger partial charge >= 0.3 is 18.1 Å². The van der Waals surface area contributed by atoms with Gasteiger partial charge in [-0.2, -0.15) is 0 Å². The second kappa shape index (κ2) is 5.94. The van der Waals surface area contributed by atoms with Crippen molar-refractivity contribution in [2.24, 2.45) is 5.73 Å². The lowest BCUT2D eigenvalue weighted by Gasteiger charge is -2.11. The smallest absolute Gasteiger partial charge is 0.448 e. The zero-order valence-electron chi connectivity index (χ0n) is 8.22. The minimum Gasteiger partial charge on any atom is -0.448 e. The van der Waals surface area contributed by atoms with Crippen molar-refractivity contribution in [1.29, 1.82) is 0 Å². The summed E-state index contributed by atoms with van der Waals surface area (Å²) in [5, 5.41) is 8.09. The molecule has 0 aliphatic rings. The molecule has 0 heterocycles. The third-order valence-corrected chi connectivity index (χ3v) is 1.25. The van der Waals surface area contributed by atoms with Gasteiger partial charge in [0.2, 0.25) is 0 Å². The first-order valence-electron chi connectivity index (χ1n) is 4.01. The van der Waals surface area contributed by atoms with Gasteiger partial charge in [-0.1, -0.05) is 0 Å². The summed E-state index contributed by atoms with van der Waals surface area (Å²) in [5.74, 6) is -1.87. The van der Waals surface area contributed by atoms with E-state index in [1.54, 1.807) is 0 Å².